The molecule has 1 aliphatic heterocycles. The third-order valence-corrected chi connectivity index (χ3v) is 4.46. The topological polar surface area (TPSA) is 46.6 Å². The van der Waals surface area contributed by atoms with Crippen molar-refractivity contribution in [3.63, 3.8) is 0 Å². The van der Waals surface area contributed by atoms with Crippen molar-refractivity contribution < 1.29 is 14.3 Å². The number of unbranched alkanes of at least 4 members (excludes halogenated alkanes) is 1. The van der Waals surface area contributed by atoms with E-state index in [1.165, 1.54) is 7.11 Å². The summed E-state index contributed by atoms with van der Waals surface area (Å²) in [5.74, 6) is 0.629. The summed E-state index contributed by atoms with van der Waals surface area (Å²) in [5, 5.41) is 0.372. The maximum atomic E-state index is 12.1. The van der Waals surface area contributed by atoms with Crippen molar-refractivity contribution in [1.82, 2.24) is 4.90 Å². The molecule has 1 amide bonds. The van der Waals surface area contributed by atoms with Gasteiger partial charge in [-0.3, -0.25) is 4.79 Å². The number of hydrogen-bond acceptors (Lipinski definition) is 5. The molecule has 0 aromatic carbocycles. The van der Waals surface area contributed by atoms with Gasteiger partial charge in [-0.25, -0.2) is 4.79 Å². The van der Waals surface area contributed by atoms with E-state index in [9.17, 15) is 9.59 Å². The minimum absolute atomic E-state index is 0.0720. The van der Waals surface area contributed by atoms with Crippen LogP contribution in [0.2, 0.25) is 0 Å². The molecule has 20 heavy (non-hydrogen) atoms. The standard InChI is InChI=1S/C14H25NO3S2/c1-18-14(17)12-6-4-9-15(12)13(16)7-3-2-5-11(20)8-10-19/h11-12,19-20H,2-10H2,1H3. The van der Waals surface area contributed by atoms with Crippen LogP contribution in [-0.2, 0) is 14.3 Å². The summed E-state index contributed by atoms with van der Waals surface area (Å²) in [6, 6.07) is -0.366. The SMILES string of the molecule is COC(=O)C1CCCN1C(=O)CCCCC(S)CCS. The Balaban J connectivity index is 2.26. The van der Waals surface area contributed by atoms with E-state index < -0.39 is 0 Å². The molecule has 0 N–H and O–H groups in total. The molecule has 2 atom stereocenters. The van der Waals surface area contributed by atoms with Crippen LogP contribution in [0, 0.1) is 0 Å². The Hall–Kier alpha value is -0.360. The number of methoxy groups -OCH3 is 1. The van der Waals surface area contributed by atoms with Gasteiger partial charge in [-0.2, -0.15) is 25.3 Å². The van der Waals surface area contributed by atoms with Crippen LogP contribution in [0.1, 0.15) is 44.9 Å². The Bertz CT molecular complexity index is 326. The maximum Gasteiger partial charge on any atom is 0.328 e. The number of esters is 1. The van der Waals surface area contributed by atoms with Crippen LogP contribution in [0.4, 0.5) is 0 Å². The summed E-state index contributed by atoms with van der Waals surface area (Å²) in [5.41, 5.74) is 0. The van der Waals surface area contributed by atoms with Crippen molar-refractivity contribution in [3.05, 3.63) is 0 Å². The fourth-order valence-corrected chi connectivity index (χ4v) is 3.37. The molecule has 0 spiro atoms. The molecule has 1 saturated heterocycles. The Labute approximate surface area is 132 Å². The highest BCUT2D eigenvalue weighted by molar-refractivity contribution is 7.81. The second kappa shape index (κ2) is 9.55. The van der Waals surface area contributed by atoms with Gasteiger partial charge in [0.1, 0.15) is 6.04 Å². The van der Waals surface area contributed by atoms with Crippen LogP contribution in [0.15, 0.2) is 0 Å². The summed E-state index contributed by atoms with van der Waals surface area (Å²) < 4.78 is 4.75. The highest BCUT2D eigenvalue weighted by Crippen LogP contribution is 2.20. The van der Waals surface area contributed by atoms with Crippen molar-refractivity contribution in [2.45, 2.75) is 56.2 Å². The van der Waals surface area contributed by atoms with E-state index in [-0.39, 0.29) is 17.9 Å². The third-order valence-electron chi connectivity index (χ3n) is 3.69. The number of nitrogens with zero attached hydrogens (tertiary/aromatic N) is 1. The average Bonchev–Trinajstić information content (AvgIpc) is 2.92. The number of amides is 1. The van der Waals surface area contributed by atoms with E-state index in [0.29, 0.717) is 18.2 Å². The predicted molar refractivity (Wildman–Crippen MR) is 86.5 cm³/mol. The van der Waals surface area contributed by atoms with E-state index in [2.05, 4.69) is 25.3 Å². The molecule has 1 heterocycles. The number of likely N-dealkylation sites (tertiary alicyclic amines) is 1. The molecule has 116 valence electrons. The van der Waals surface area contributed by atoms with Gasteiger partial charge in [-0.1, -0.05) is 6.42 Å². The smallest absolute Gasteiger partial charge is 0.328 e. The van der Waals surface area contributed by atoms with Crippen LogP contribution >= 0.6 is 25.3 Å². The van der Waals surface area contributed by atoms with E-state index >= 15 is 0 Å². The Morgan fingerprint density at radius 1 is 1.35 bits per heavy atom. The zero-order chi connectivity index (χ0) is 15.0. The molecule has 0 aromatic heterocycles. The first-order valence-corrected chi connectivity index (χ1v) is 8.41. The second-order valence-electron chi connectivity index (χ2n) is 5.18. The number of hydrogen-bond donors (Lipinski definition) is 2. The van der Waals surface area contributed by atoms with Gasteiger partial charge < -0.3 is 9.64 Å². The number of thiol groups is 2. The summed E-state index contributed by atoms with van der Waals surface area (Å²) in [4.78, 5) is 25.4. The number of rotatable bonds is 8. The zero-order valence-electron chi connectivity index (χ0n) is 12.1. The fraction of sp³-hybridized carbons (Fsp3) is 0.857. The first-order chi connectivity index (χ1) is 9.60. The van der Waals surface area contributed by atoms with Crippen LogP contribution in [-0.4, -0.2) is 47.5 Å². The van der Waals surface area contributed by atoms with E-state index in [4.69, 9.17) is 4.74 Å². The van der Waals surface area contributed by atoms with Gasteiger partial charge in [0.2, 0.25) is 5.91 Å². The molecular weight excluding hydrogens is 294 g/mol. The molecule has 1 rings (SSSR count). The van der Waals surface area contributed by atoms with Gasteiger partial charge in [-0.05, 0) is 37.9 Å². The van der Waals surface area contributed by atoms with Gasteiger partial charge in [-0.15, -0.1) is 0 Å². The molecule has 2 unspecified atom stereocenters. The lowest BCUT2D eigenvalue weighted by Gasteiger charge is -2.22. The van der Waals surface area contributed by atoms with Crippen LogP contribution < -0.4 is 0 Å². The molecule has 1 aliphatic rings. The largest absolute Gasteiger partial charge is 0.467 e. The number of carbonyl (C=O) groups is 2. The third kappa shape index (κ3) is 5.56. The van der Waals surface area contributed by atoms with Gasteiger partial charge in [0.15, 0.2) is 0 Å². The molecule has 6 heteroatoms. The zero-order valence-corrected chi connectivity index (χ0v) is 13.9. The lowest BCUT2D eigenvalue weighted by molar-refractivity contribution is -0.151. The highest BCUT2D eigenvalue weighted by atomic mass is 32.1. The predicted octanol–water partition coefficient (Wildman–Crippen LogP) is 2.33. The Morgan fingerprint density at radius 3 is 2.75 bits per heavy atom. The number of carbonyl (C=O) groups excluding carboxylic acids is 2. The molecule has 0 radical (unpaired) electrons. The summed E-state index contributed by atoms with van der Waals surface area (Å²) in [7, 11) is 1.37. The Morgan fingerprint density at radius 2 is 2.10 bits per heavy atom. The van der Waals surface area contributed by atoms with Gasteiger partial charge >= 0.3 is 5.97 Å². The molecule has 0 aromatic rings. The minimum Gasteiger partial charge on any atom is -0.467 e. The van der Waals surface area contributed by atoms with Crippen LogP contribution in [0.5, 0.6) is 0 Å². The van der Waals surface area contributed by atoms with Crippen molar-refractivity contribution in [1.29, 1.82) is 0 Å². The van der Waals surface area contributed by atoms with Crippen LogP contribution in [0.25, 0.3) is 0 Å². The fourth-order valence-electron chi connectivity index (χ4n) is 2.54. The Kier molecular flexibility index (Phi) is 8.45. The molecule has 0 bridgehead atoms. The minimum atomic E-state index is -0.366. The average molecular weight is 319 g/mol. The highest BCUT2D eigenvalue weighted by Gasteiger charge is 2.34. The van der Waals surface area contributed by atoms with Gasteiger partial charge in [0.25, 0.3) is 0 Å². The van der Waals surface area contributed by atoms with E-state index in [1.807, 2.05) is 0 Å². The molecule has 4 nitrogen and oxygen atoms in total. The van der Waals surface area contributed by atoms with Crippen LogP contribution in [0.3, 0.4) is 0 Å². The molecule has 0 saturated carbocycles. The molecule has 1 fully saturated rings. The monoisotopic (exact) mass is 319 g/mol. The lowest BCUT2D eigenvalue weighted by atomic mass is 10.1. The summed E-state index contributed by atoms with van der Waals surface area (Å²) in [6.45, 7) is 0.674. The van der Waals surface area contributed by atoms with Crippen molar-refractivity contribution in [3.8, 4) is 0 Å². The normalized spacial score (nSPS) is 19.9. The lowest BCUT2D eigenvalue weighted by Crippen LogP contribution is -2.40. The molecular formula is C14H25NO3S2. The molecule has 0 aliphatic carbocycles. The van der Waals surface area contributed by atoms with E-state index in [0.717, 1.165) is 44.3 Å². The van der Waals surface area contributed by atoms with Crippen molar-refractivity contribution in [2.75, 3.05) is 19.4 Å². The van der Waals surface area contributed by atoms with Crippen molar-refractivity contribution >= 4 is 37.1 Å². The van der Waals surface area contributed by atoms with Gasteiger partial charge in [0.05, 0.1) is 7.11 Å². The second-order valence-corrected chi connectivity index (χ2v) is 6.36. The number of ether oxygens (including phenoxy) is 1. The summed E-state index contributed by atoms with van der Waals surface area (Å²) >= 11 is 8.65. The van der Waals surface area contributed by atoms with Gasteiger partial charge in [0, 0.05) is 18.2 Å². The summed E-state index contributed by atoms with van der Waals surface area (Å²) in [6.07, 6.45) is 5.96. The van der Waals surface area contributed by atoms with E-state index in [1.54, 1.807) is 4.90 Å². The first kappa shape index (κ1) is 17.7. The quantitative estimate of drug-likeness (QED) is 0.410. The maximum absolute atomic E-state index is 12.1. The first-order valence-electron chi connectivity index (χ1n) is 7.26. The van der Waals surface area contributed by atoms with Crippen molar-refractivity contribution in [2.24, 2.45) is 0 Å².